The second-order valence-electron chi connectivity index (χ2n) is 4.72. The summed E-state index contributed by atoms with van der Waals surface area (Å²) in [5.74, 6) is -0.0983. The van der Waals surface area contributed by atoms with Crippen LogP contribution < -0.4 is 5.32 Å². The Morgan fingerprint density at radius 3 is 3.00 bits per heavy atom. The van der Waals surface area contributed by atoms with E-state index in [1.165, 1.54) is 6.20 Å². The molecule has 8 nitrogen and oxygen atoms in total. The van der Waals surface area contributed by atoms with E-state index in [1.54, 1.807) is 22.9 Å². The minimum absolute atomic E-state index is 0.129. The summed E-state index contributed by atoms with van der Waals surface area (Å²) in [6.45, 7) is 0.129. The second kappa shape index (κ2) is 5.31. The van der Waals surface area contributed by atoms with Gasteiger partial charge in [-0.25, -0.2) is 4.79 Å². The predicted octanol–water partition coefficient (Wildman–Crippen LogP) is 0.175. The zero-order valence-corrected chi connectivity index (χ0v) is 11.1. The highest BCUT2D eigenvalue weighted by molar-refractivity contribution is 5.93. The molecule has 0 saturated heterocycles. The van der Waals surface area contributed by atoms with Gasteiger partial charge in [-0.2, -0.15) is 0 Å². The Labute approximate surface area is 119 Å². The van der Waals surface area contributed by atoms with Crippen molar-refractivity contribution in [2.24, 2.45) is 0 Å². The number of hydrogen-bond acceptors (Lipinski definition) is 5. The van der Waals surface area contributed by atoms with Crippen molar-refractivity contribution in [2.45, 2.75) is 25.4 Å². The first kappa shape index (κ1) is 13.2. The molecule has 1 aliphatic heterocycles. The van der Waals surface area contributed by atoms with Crippen molar-refractivity contribution in [3.63, 3.8) is 0 Å². The van der Waals surface area contributed by atoms with Crippen LogP contribution in [0.1, 0.15) is 34.5 Å². The van der Waals surface area contributed by atoms with Gasteiger partial charge < -0.3 is 10.4 Å². The lowest BCUT2D eigenvalue weighted by molar-refractivity contribution is -0.140. The summed E-state index contributed by atoms with van der Waals surface area (Å²) in [6.07, 6.45) is 4.13. The van der Waals surface area contributed by atoms with E-state index in [9.17, 15) is 14.7 Å². The minimum atomic E-state index is -0.909. The Morgan fingerprint density at radius 2 is 2.29 bits per heavy atom. The topological polar surface area (TPSA) is 110 Å². The van der Waals surface area contributed by atoms with Crippen LogP contribution in [0, 0.1) is 0 Å². The number of amides is 1. The summed E-state index contributed by atoms with van der Waals surface area (Å²) in [6, 6.07) is 2.67. The van der Waals surface area contributed by atoms with Crippen molar-refractivity contribution in [1.29, 1.82) is 0 Å². The molecule has 1 amide bonds. The van der Waals surface area contributed by atoms with E-state index in [2.05, 4.69) is 20.5 Å². The van der Waals surface area contributed by atoms with Crippen molar-refractivity contribution in [3.8, 4) is 0 Å². The van der Waals surface area contributed by atoms with Crippen molar-refractivity contribution in [1.82, 2.24) is 25.1 Å². The zero-order chi connectivity index (χ0) is 14.8. The fourth-order valence-electron chi connectivity index (χ4n) is 2.40. The van der Waals surface area contributed by atoms with E-state index >= 15 is 0 Å². The summed E-state index contributed by atoms with van der Waals surface area (Å²) in [7, 11) is 0. The van der Waals surface area contributed by atoms with Crippen molar-refractivity contribution < 1.29 is 14.7 Å². The minimum Gasteiger partial charge on any atom is -0.480 e. The average Bonchev–Trinajstić information content (AvgIpc) is 3.07. The first-order valence-corrected chi connectivity index (χ1v) is 6.50. The number of carboxylic acids is 1. The molecule has 0 saturated carbocycles. The van der Waals surface area contributed by atoms with Crippen LogP contribution in [0.25, 0.3) is 0 Å². The van der Waals surface area contributed by atoms with Crippen LogP contribution in [-0.2, 0) is 17.8 Å². The van der Waals surface area contributed by atoms with Crippen LogP contribution in [0.2, 0.25) is 0 Å². The number of carbonyl (C=O) groups is 2. The maximum absolute atomic E-state index is 11.9. The zero-order valence-electron chi connectivity index (χ0n) is 11.1. The molecule has 0 aromatic carbocycles. The highest BCUT2D eigenvalue weighted by atomic mass is 16.4. The van der Waals surface area contributed by atoms with E-state index in [1.807, 2.05) is 0 Å². The van der Waals surface area contributed by atoms with Gasteiger partial charge in [-0.1, -0.05) is 0 Å². The SMILES string of the molecule is O=C(NCc1nnc2n1C(C(=O)O)CC2)c1cccnc1. The van der Waals surface area contributed by atoms with E-state index in [0.29, 0.717) is 30.1 Å². The van der Waals surface area contributed by atoms with E-state index in [-0.39, 0.29) is 12.5 Å². The lowest BCUT2D eigenvalue weighted by Gasteiger charge is -2.11. The summed E-state index contributed by atoms with van der Waals surface area (Å²) in [5.41, 5.74) is 0.438. The molecule has 3 heterocycles. The molecule has 3 rings (SSSR count). The number of aliphatic carboxylic acids is 1. The van der Waals surface area contributed by atoms with Gasteiger partial charge >= 0.3 is 5.97 Å². The number of aryl methyl sites for hydroxylation is 1. The molecule has 2 aromatic rings. The van der Waals surface area contributed by atoms with Crippen LogP contribution in [-0.4, -0.2) is 36.7 Å². The van der Waals surface area contributed by atoms with Gasteiger partial charge in [0.2, 0.25) is 0 Å². The van der Waals surface area contributed by atoms with Gasteiger partial charge in [-0.15, -0.1) is 10.2 Å². The Balaban J connectivity index is 1.73. The predicted molar refractivity (Wildman–Crippen MR) is 70.4 cm³/mol. The monoisotopic (exact) mass is 287 g/mol. The molecule has 2 aromatic heterocycles. The normalized spacial score (nSPS) is 16.5. The maximum Gasteiger partial charge on any atom is 0.326 e. The molecule has 1 atom stereocenters. The van der Waals surface area contributed by atoms with E-state index in [4.69, 9.17) is 0 Å². The largest absolute Gasteiger partial charge is 0.480 e. The number of nitrogens with zero attached hydrogens (tertiary/aromatic N) is 4. The van der Waals surface area contributed by atoms with Gasteiger partial charge in [0.25, 0.3) is 5.91 Å². The number of pyridine rings is 1. The summed E-state index contributed by atoms with van der Waals surface area (Å²) in [4.78, 5) is 27.0. The number of carbonyl (C=O) groups excluding carboxylic acids is 1. The third-order valence-electron chi connectivity index (χ3n) is 3.41. The number of rotatable bonds is 4. The van der Waals surface area contributed by atoms with Gasteiger partial charge in [0.1, 0.15) is 11.9 Å². The summed E-state index contributed by atoms with van der Waals surface area (Å²) in [5, 5.41) is 19.8. The Hall–Kier alpha value is -2.77. The average molecular weight is 287 g/mol. The van der Waals surface area contributed by atoms with E-state index < -0.39 is 12.0 Å². The third kappa shape index (κ3) is 2.47. The molecule has 1 unspecified atom stereocenters. The van der Waals surface area contributed by atoms with Gasteiger partial charge in [-0.05, 0) is 18.6 Å². The lowest BCUT2D eigenvalue weighted by Crippen LogP contribution is -2.26. The quantitative estimate of drug-likeness (QED) is 0.829. The Kier molecular flexibility index (Phi) is 3.35. The van der Waals surface area contributed by atoms with Crippen LogP contribution in [0.4, 0.5) is 0 Å². The first-order chi connectivity index (χ1) is 10.2. The van der Waals surface area contributed by atoms with Crippen molar-refractivity contribution >= 4 is 11.9 Å². The molecular formula is C13H13N5O3. The molecule has 8 heteroatoms. The molecule has 108 valence electrons. The molecule has 21 heavy (non-hydrogen) atoms. The van der Waals surface area contributed by atoms with Crippen LogP contribution >= 0.6 is 0 Å². The number of carboxylic acid groups (broad SMARTS) is 1. The van der Waals surface area contributed by atoms with Crippen molar-refractivity contribution in [2.75, 3.05) is 0 Å². The van der Waals surface area contributed by atoms with Crippen LogP contribution in [0.5, 0.6) is 0 Å². The number of aromatic nitrogens is 4. The molecule has 0 bridgehead atoms. The first-order valence-electron chi connectivity index (χ1n) is 6.50. The lowest BCUT2D eigenvalue weighted by atomic mass is 10.2. The summed E-state index contributed by atoms with van der Waals surface area (Å²) < 4.78 is 1.59. The Bertz CT molecular complexity index is 682. The van der Waals surface area contributed by atoms with Gasteiger partial charge in [0.15, 0.2) is 5.82 Å². The smallest absolute Gasteiger partial charge is 0.326 e. The molecule has 2 N–H and O–H groups in total. The van der Waals surface area contributed by atoms with Crippen molar-refractivity contribution in [3.05, 3.63) is 41.7 Å². The van der Waals surface area contributed by atoms with Crippen LogP contribution in [0.15, 0.2) is 24.5 Å². The number of nitrogens with one attached hydrogen (secondary N) is 1. The second-order valence-corrected chi connectivity index (χ2v) is 4.72. The highest BCUT2D eigenvalue weighted by Crippen LogP contribution is 2.26. The molecule has 0 radical (unpaired) electrons. The molecule has 0 fully saturated rings. The standard InChI is InChI=1S/C13H13N5O3/c19-12(8-2-1-5-14-6-8)15-7-11-17-16-10-4-3-9(13(20)21)18(10)11/h1-2,5-6,9H,3-4,7H2,(H,15,19)(H,20,21). The molecule has 0 aliphatic carbocycles. The van der Waals surface area contributed by atoms with Crippen LogP contribution in [0.3, 0.4) is 0 Å². The van der Waals surface area contributed by atoms with Gasteiger partial charge in [-0.3, -0.25) is 14.3 Å². The highest BCUT2D eigenvalue weighted by Gasteiger charge is 2.31. The van der Waals surface area contributed by atoms with Gasteiger partial charge in [0, 0.05) is 18.8 Å². The third-order valence-corrected chi connectivity index (χ3v) is 3.41. The number of fused-ring (bicyclic) bond motifs is 1. The molecular weight excluding hydrogens is 274 g/mol. The molecule has 0 spiro atoms. The number of hydrogen-bond donors (Lipinski definition) is 2. The fourth-order valence-corrected chi connectivity index (χ4v) is 2.40. The Morgan fingerprint density at radius 1 is 1.43 bits per heavy atom. The van der Waals surface area contributed by atoms with E-state index in [0.717, 1.165) is 0 Å². The van der Waals surface area contributed by atoms with Gasteiger partial charge in [0.05, 0.1) is 12.1 Å². The summed E-state index contributed by atoms with van der Waals surface area (Å²) >= 11 is 0. The fraction of sp³-hybridized carbons (Fsp3) is 0.308. The maximum atomic E-state index is 11.9. The molecule has 1 aliphatic rings.